The van der Waals surface area contributed by atoms with Gasteiger partial charge < -0.3 is 18.1 Å². The van der Waals surface area contributed by atoms with Crippen LogP contribution in [-0.2, 0) is 0 Å². The van der Waals surface area contributed by atoms with Crippen molar-refractivity contribution in [1.29, 1.82) is 0 Å². The zero-order chi connectivity index (χ0) is 19.0. The summed E-state index contributed by atoms with van der Waals surface area (Å²) >= 11 is 0. The van der Waals surface area contributed by atoms with Gasteiger partial charge in [0.15, 0.2) is 0 Å². The number of benzene rings is 1. The molecule has 0 atom stereocenters. The number of fused-ring (bicyclic) bond motifs is 1. The Morgan fingerprint density at radius 3 is 2.39 bits per heavy atom. The van der Waals surface area contributed by atoms with Gasteiger partial charge in [-0.15, -0.1) is 0 Å². The van der Waals surface area contributed by atoms with Crippen LogP contribution in [0.3, 0.4) is 0 Å². The molecule has 0 saturated carbocycles. The van der Waals surface area contributed by atoms with Crippen molar-refractivity contribution in [2.75, 3.05) is 5.73 Å². The number of aromatic nitrogens is 3. The molecule has 4 rings (SSSR count). The number of nitrogens with zero attached hydrogens (tertiary/aromatic N) is 4. The fraction of sp³-hybridized carbons (Fsp3) is 0. The quantitative estimate of drug-likeness (QED) is 0.276. The van der Waals surface area contributed by atoms with Crippen LogP contribution in [0.5, 0.6) is 0 Å². The van der Waals surface area contributed by atoms with Crippen LogP contribution in [-0.4, -0.2) is 14.5 Å². The number of hydrogen-bond acceptors (Lipinski definition) is 5. The van der Waals surface area contributed by atoms with Crippen molar-refractivity contribution in [3.8, 4) is 11.5 Å². The summed E-state index contributed by atoms with van der Waals surface area (Å²) in [6.45, 7) is 0. The lowest BCUT2D eigenvalue weighted by molar-refractivity contribution is -0.597. The number of halogens is 1. The summed E-state index contributed by atoms with van der Waals surface area (Å²) in [5.41, 5.74) is 6.16. The van der Waals surface area contributed by atoms with Crippen LogP contribution >= 0.6 is 0 Å². The van der Waals surface area contributed by atoms with Crippen LogP contribution < -0.4 is 28.3 Å². The maximum atomic E-state index is 12.8. The normalized spacial score (nSPS) is 10.4. The Labute approximate surface area is 165 Å². The Morgan fingerprint density at radius 2 is 1.75 bits per heavy atom. The van der Waals surface area contributed by atoms with Gasteiger partial charge in [0.25, 0.3) is 0 Å². The molecular weight excluding hydrogens is 382 g/mol. The smallest absolute Gasteiger partial charge is 0.337 e. The van der Waals surface area contributed by atoms with Gasteiger partial charge in [0.2, 0.25) is 0 Å². The lowest BCUT2D eigenvalue weighted by Crippen LogP contribution is -3.00. The summed E-state index contributed by atoms with van der Waals surface area (Å²) in [4.78, 5) is 28.0. The van der Waals surface area contributed by atoms with E-state index in [9.17, 15) is 14.9 Å². The Balaban J connectivity index is 0.00000225. The Kier molecular flexibility index (Phi) is 5.06. The van der Waals surface area contributed by atoms with E-state index in [1.807, 2.05) is 6.07 Å². The van der Waals surface area contributed by atoms with Crippen LogP contribution in [0.1, 0.15) is 0 Å². The highest BCUT2D eigenvalue weighted by molar-refractivity contribution is 5.87. The molecular formula is C19H14ClN5O3. The predicted octanol–water partition coefficient (Wildman–Crippen LogP) is -0.843. The Bertz CT molecular complexity index is 1220. The third-order valence-electron chi connectivity index (χ3n) is 4.20. The van der Waals surface area contributed by atoms with E-state index >= 15 is 0 Å². The lowest BCUT2D eigenvalue weighted by atomic mass is 10.2. The van der Waals surface area contributed by atoms with Crippen molar-refractivity contribution in [1.82, 2.24) is 9.55 Å². The molecule has 0 aliphatic carbocycles. The number of hydrogen-bond donors (Lipinski definition) is 1. The Hall–Kier alpha value is -3.78. The average molecular weight is 396 g/mol. The van der Waals surface area contributed by atoms with Crippen molar-refractivity contribution in [3.63, 3.8) is 0 Å². The van der Waals surface area contributed by atoms with Gasteiger partial charge in [-0.3, -0.25) is 19.5 Å². The second-order valence-corrected chi connectivity index (χ2v) is 5.87. The minimum atomic E-state index is -0.696. The number of nitro groups is 1. The van der Waals surface area contributed by atoms with E-state index < -0.39 is 16.2 Å². The largest absolute Gasteiger partial charge is 1.00 e. The maximum absolute atomic E-state index is 12.8. The fourth-order valence-electron chi connectivity index (χ4n) is 2.96. The molecule has 1 aromatic carbocycles. The number of pyridine rings is 3. The number of rotatable bonds is 3. The van der Waals surface area contributed by atoms with Gasteiger partial charge in [-0.05, 0) is 17.1 Å². The third kappa shape index (κ3) is 3.17. The number of nitrogen functional groups attached to an aromatic ring is 1. The van der Waals surface area contributed by atoms with Gasteiger partial charge in [-0.1, -0.05) is 18.2 Å². The molecule has 8 nitrogen and oxygen atoms in total. The van der Waals surface area contributed by atoms with E-state index in [2.05, 4.69) is 4.98 Å². The van der Waals surface area contributed by atoms with Gasteiger partial charge in [0, 0.05) is 35.6 Å². The number of para-hydroxylation sites is 1. The van der Waals surface area contributed by atoms with Crippen molar-refractivity contribution >= 4 is 22.3 Å². The van der Waals surface area contributed by atoms with Crippen molar-refractivity contribution in [2.24, 2.45) is 0 Å². The molecule has 0 bridgehead atoms. The van der Waals surface area contributed by atoms with Gasteiger partial charge in [-0.25, -0.2) is 4.57 Å². The summed E-state index contributed by atoms with van der Waals surface area (Å²) in [5.74, 6) is 0.459. The monoisotopic (exact) mass is 395 g/mol. The topological polar surface area (TPSA) is 108 Å². The molecule has 0 unspecified atom stereocenters. The zero-order valence-electron chi connectivity index (χ0n) is 14.4. The van der Waals surface area contributed by atoms with Gasteiger partial charge in [0.1, 0.15) is 11.6 Å². The van der Waals surface area contributed by atoms with E-state index in [0.29, 0.717) is 28.1 Å². The number of nitrogens with two attached hydrogens (primary N) is 1. The molecule has 9 heteroatoms. The van der Waals surface area contributed by atoms with E-state index in [1.54, 1.807) is 65.6 Å². The predicted molar refractivity (Wildman–Crippen MR) is 99.9 cm³/mol. The molecule has 3 heterocycles. The molecule has 0 spiro atoms. The standard InChI is InChI=1S/C19H13N5O3.ClH/c20-13-7-10-22(11-8-13)18-15-12-17(24(26)27)19(25)23(16(15)6-9-21-18)14-4-2-1-3-5-14;/h1-12,20H;1H. The van der Waals surface area contributed by atoms with Gasteiger partial charge >= 0.3 is 17.1 Å². The second-order valence-electron chi connectivity index (χ2n) is 5.87. The summed E-state index contributed by atoms with van der Waals surface area (Å²) in [7, 11) is 0. The van der Waals surface area contributed by atoms with Crippen molar-refractivity contribution in [3.05, 3.63) is 93.7 Å². The van der Waals surface area contributed by atoms with Crippen LogP contribution in [0.15, 0.2) is 78.0 Å². The van der Waals surface area contributed by atoms with Gasteiger partial charge in [0.05, 0.1) is 22.8 Å². The lowest BCUT2D eigenvalue weighted by Gasteiger charge is -2.10. The van der Waals surface area contributed by atoms with Crippen molar-refractivity contribution < 1.29 is 21.9 Å². The van der Waals surface area contributed by atoms with Crippen molar-refractivity contribution in [2.45, 2.75) is 0 Å². The molecule has 4 aromatic rings. The molecule has 0 radical (unpaired) electrons. The SMILES string of the molecule is Nc1cc[n+](-c2nccc3c2cc([N+](=O)[O-])c(=O)n3-c2ccccc2)cc1.[Cl-]. The molecule has 28 heavy (non-hydrogen) atoms. The van der Waals surface area contributed by atoms with Crippen LogP contribution in [0.2, 0.25) is 0 Å². The summed E-state index contributed by atoms with van der Waals surface area (Å²) in [6.07, 6.45) is 4.98. The highest BCUT2D eigenvalue weighted by Gasteiger charge is 2.24. The summed E-state index contributed by atoms with van der Waals surface area (Å²) < 4.78 is 3.03. The van der Waals surface area contributed by atoms with E-state index in [1.165, 1.54) is 10.6 Å². The van der Waals surface area contributed by atoms with Gasteiger partial charge in [-0.2, -0.15) is 0 Å². The molecule has 140 valence electrons. The zero-order valence-corrected chi connectivity index (χ0v) is 15.2. The maximum Gasteiger partial charge on any atom is 0.337 e. The highest BCUT2D eigenvalue weighted by Crippen LogP contribution is 2.23. The minimum absolute atomic E-state index is 0. The van der Waals surface area contributed by atoms with E-state index in [-0.39, 0.29) is 12.4 Å². The van der Waals surface area contributed by atoms with E-state index in [4.69, 9.17) is 5.73 Å². The highest BCUT2D eigenvalue weighted by atomic mass is 35.5. The average Bonchev–Trinajstić information content (AvgIpc) is 2.68. The molecule has 3 aromatic heterocycles. The van der Waals surface area contributed by atoms with E-state index in [0.717, 1.165) is 0 Å². The first-order valence-electron chi connectivity index (χ1n) is 8.08. The first kappa shape index (κ1) is 19.0. The van der Waals surface area contributed by atoms with Crippen LogP contribution in [0.25, 0.3) is 22.4 Å². The molecule has 0 saturated heterocycles. The fourth-order valence-corrected chi connectivity index (χ4v) is 2.96. The Morgan fingerprint density at radius 1 is 1.07 bits per heavy atom. The summed E-state index contributed by atoms with van der Waals surface area (Å²) in [5, 5.41) is 12.0. The minimum Gasteiger partial charge on any atom is -1.00 e. The molecule has 0 fully saturated rings. The molecule has 0 amide bonds. The molecule has 2 N–H and O–H groups in total. The third-order valence-corrected chi connectivity index (χ3v) is 4.20. The van der Waals surface area contributed by atoms with Crippen LogP contribution in [0, 0.1) is 10.1 Å². The second kappa shape index (κ2) is 7.45. The first-order chi connectivity index (χ1) is 13.1. The van der Waals surface area contributed by atoms with Crippen LogP contribution in [0.4, 0.5) is 11.4 Å². The molecule has 0 aliphatic rings. The first-order valence-corrected chi connectivity index (χ1v) is 8.08. The number of anilines is 1. The summed E-state index contributed by atoms with van der Waals surface area (Å²) in [6, 6.07) is 15.1. The molecule has 0 aliphatic heterocycles.